The summed E-state index contributed by atoms with van der Waals surface area (Å²) in [5.41, 5.74) is -0.330. The molecule has 110 valence electrons. The molecule has 1 fully saturated rings. The summed E-state index contributed by atoms with van der Waals surface area (Å²) in [4.78, 5) is 11.8. The number of carbonyl (C=O) groups excluding carboxylic acids is 1. The number of hydrogen-bond donors (Lipinski definition) is 3. The van der Waals surface area contributed by atoms with Gasteiger partial charge < -0.3 is 25.2 Å². The van der Waals surface area contributed by atoms with Crippen molar-refractivity contribution in [3.8, 4) is 5.75 Å². The number of carbonyl (C=O) groups is 1. The van der Waals surface area contributed by atoms with E-state index < -0.39 is 5.60 Å². The lowest BCUT2D eigenvalue weighted by atomic mass is 9.97. The average Bonchev–Trinajstić information content (AvgIpc) is 2.78. The smallest absolute Gasteiger partial charge is 0.319 e. The maximum absolute atomic E-state index is 11.8. The Bertz CT molecular complexity index is 463. The van der Waals surface area contributed by atoms with Gasteiger partial charge in [0.2, 0.25) is 0 Å². The molecule has 0 spiro atoms. The van der Waals surface area contributed by atoms with Crippen LogP contribution >= 0.6 is 0 Å². The molecule has 2 atom stereocenters. The van der Waals surface area contributed by atoms with Crippen LogP contribution in [-0.2, 0) is 4.74 Å². The third-order valence-corrected chi connectivity index (χ3v) is 3.56. The number of aliphatic hydroxyl groups is 1. The molecule has 0 aromatic heterocycles. The first-order chi connectivity index (χ1) is 9.53. The van der Waals surface area contributed by atoms with Gasteiger partial charge in [-0.05, 0) is 31.2 Å². The first-order valence-corrected chi connectivity index (χ1v) is 6.56. The van der Waals surface area contributed by atoms with Gasteiger partial charge in [0.25, 0.3) is 0 Å². The number of amides is 2. The van der Waals surface area contributed by atoms with Crippen molar-refractivity contribution >= 4 is 11.7 Å². The van der Waals surface area contributed by atoms with Gasteiger partial charge in [-0.1, -0.05) is 0 Å². The van der Waals surface area contributed by atoms with E-state index in [0.717, 1.165) is 5.75 Å². The van der Waals surface area contributed by atoms with E-state index in [1.165, 1.54) is 0 Å². The van der Waals surface area contributed by atoms with Crippen LogP contribution in [0.1, 0.15) is 13.3 Å². The fraction of sp³-hybridized carbons (Fsp3) is 0.500. The van der Waals surface area contributed by atoms with E-state index in [9.17, 15) is 9.90 Å². The zero-order valence-corrected chi connectivity index (χ0v) is 11.7. The van der Waals surface area contributed by atoms with E-state index >= 15 is 0 Å². The number of nitrogens with one attached hydrogen (secondary N) is 2. The van der Waals surface area contributed by atoms with Crippen molar-refractivity contribution in [2.75, 3.05) is 25.6 Å². The molecule has 1 aromatic carbocycles. The van der Waals surface area contributed by atoms with Crippen LogP contribution in [0.2, 0.25) is 0 Å². The molecule has 1 heterocycles. The molecule has 2 unspecified atom stereocenters. The Labute approximate surface area is 118 Å². The molecule has 1 aliphatic heterocycles. The molecular weight excluding hydrogens is 260 g/mol. The lowest BCUT2D eigenvalue weighted by Gasteiger charge is -2.26. The lowest BCUT2D eigenvalue weighted by molar-refractivity contribution is -0.0241. The van der Waals surface area contributed by atoms with Gasteiger partial charge in [0.05, 0.1) is 19.8 Å². The van der Waals surface area contributed by atoms with Crippen LogP contribution in [0.3, 0.4) is 0 Å². The van der Waals surface area contributed by atoms with Gasteiger partial charge in [-0.3, -0.25) is 0 Å². The van der Waals surface area contributed by atoms with Crippen molar-refractivity contribution in [3.05, 3.63) is 24.3 Å². The maximum Gasteiger partial charge on any atom is 0.319 e. The summed E-state index contributed by atoms with van der Waals surface area (Å²) in [5.74, 6) is 0.724. The molecule has 20 heavy (non-hydrogen) atoms. The molecule has 1 aliphatic rings. The number of methoxy groups -OCH3 is 1. The first kappa shape index (κ1) is 14.6. The van der Waals surface area contributed by atoms with Crippen molar-refractivity contribution in [1.29, 1.82) is 0 Å². The quantitative estimate of drug-likeness (QED) is 0.778. The monoisotopic (exact) mass is 280 g/mol. The number of rotatable bonds is 4. The van der Waals surface area contributed by atoms with Gasteiger partial charge in [0, 0.05) is 18.7 Å². The third kappa shape index (κ3) is 3.40. The topological polar surface area (TPSA) is 79.8 Å². The Balaban J connectivity index is 1.83. The molecule has 2 rings (SSSR count). The van der Waals surface area contributed by atoms with Crippen LogP contribution < -0.4 is 15.4 Å². The van der Waals surface area contributed by atoms with Gasteiger partial charge >= 0.3 is 6.03 Å². The maximum atomic E-state index is 11.8. The van der Waals surface area contributed by atoms with Crippen molar-refractivity contribution < 1.29 is 19.4 Å². The van der Waals surface area contributed by atoms with Crippen LogP contribution in [0.4, 0.5) is 10.5 Å². The number of benzene rings is 1. The fourth-order valence-corrected chi connectivity index (χ4v) is 2.09. The second-order valence-electron chi connectivity index (χ2n) is 4.90. The Morgan fingerprint density at radius 3 is 2.75 bits per heavy atom. The minimum Gasteiger partial charge on any atom is -0.497 e. The Hall–Kier alpha value is -1.79. The van der Waals surface area contributed by atoms with Crippen molar-refractivity contribution in [1.82, 2.24) is 5.32 Å². The standard InChI is InChI=1S/C14H20N2O4/c1-10-14(18,7-8-20-10)9-15-13(17)16-11-3-5-12(19-2)6-4-11/h3-6,10,18H,7-9H2,1-2H3,(H2,15,16,17). The predicted molar refractivity (Wildman–Crippen MR) is 75.0 cm³/mol. The fourth-order valence-electron chi connectivity index (χ4n) is 2.09. The van der Waals surface area contributed by atoms with E-state index in [4.69, 9.17) is 9.47 Å². The minimum atomic E-state index is -0.989. The van der Waals surface area contributed by atoms with Crippen molar-refractivity contribution in [2.24, 2.45) is 0 Å². The molecule has 3 N–H and O–H groups in total. The third-order valence-electron chi connectivity index (χ3n) is 3.56. The van der Waals surface area contributed by atoms with E-state index in [0.29, 0.717) is 18.7 Å². The van der Waals surface area contributed by atoms with E-state index in [-0.39, 0.29) is 18.7 Å². The zero-order chi connectivity index (χ0) is 14.6. The highest BCUT2D eigenvalue weighted by molar-refractivity contribution is 5.89. The summed E-state index contributed by atoms with van der Waals surface area (Å²) < 4.78 is 10.3. The second kappa shape index (κ2) is 6.11. The summed E-state index contributed by atoms with van der Waals surface area (Å²) in [6, 6.07) is 6.65. The summed E-state index contributed by atoms with van der Waals surface area (Å²) in [7, 11) is 1.58. The van der Waals surface area contributed by atoms with Gasteiger partial charge in [-0.2, -0.15) is 0 Å². The molecule has 1 aromatic rings. The highest BCUT2D eigenvalue weighted by Crippen LogP contribution is 2.24. The molecule has 0 bridgehead atoms. The van der Waals surface area contributed by atoms with E-state index in [1.807, 2.05) is 0 Å². The number of ether oxygens (including phenoxy) is 2. The SMILES string of the molecule is COc1ccc(NC(=O)NCC2(O)CCOC2C)cc1. The average molecular weight is 280 g/mol. The van der Waals surface area contributed by atoms with Crippen LogP contribution in [-0.4, -0.2) is 43.1 Å². The lowest BCUT2D eigenvalue weighted by Crippen LogP contribution is -2.48. The molecule has 6 heteroatoms. The molecule has 1 saturated heterocycles. The first-order valence-electron chi connectivity index (χ1n) is 6.56. The Kier molecular flexibility index (Phi) is 4.46. The van der Waals surface area contributed by atoms with E-state index in [2.05, 4.69) is 10.6 Å². The molecule has 6 nitrogen and oxygen atoms in total. The van der Waals surface area contributed by atoms with Gasteiger partial charge in [-0.25, -0.2) is 4.79 Å². The number of hydrogen-bond acceptors (Lipinski definition) is 4. The van der Waals surface area contributed by atoms with Crippen LogP contribution in [0, 0.1) is 0 Å². The number of anilines is 1. The van der Waals surface area contributed by atoms with Crippen molar-refractivity contribution in [2.45, 2.75) is 25.0 Å². The van der Waals surface area contributed by atoms with Gasteiger partial charge in [0.1, 0.15) is 11.4 Å². The highest BCUT2D eigenvalue weighted by atomic mass is 16.5. The summed E-state index contributed by atoms with van der Waals surface area (Å²) in [5, 5.41) is 15.6. The summed E-state index contributed by atoms with van der Waals surface area (Å²) >= 11 is 0. The second-order valence-corrected chi connectivity index (χ2v) is 4.90. The van der Waals surface area contributed by atoms with Gasteiger partial charge in [0.15, 0.2) is 0 Å². The van der Waals surface area contributed by atoms with Crippen LogP contribution in [0.25, 0.3) is 0 Å². The van der Waals surface area contributed by atoms with Crippen molar-refractivity contribution in [3.63, 3.8) is 0 Å². The molecule has 2 amide bonds. The summed E-state index contributed by atoms with van der Waals surface area (Å²) in [6.45, 7) is 2.48. The van der Waals surface area contributed by atoms with Crippen LogP contribution in [0.15, 0.2) is 24.3 Å². The molecule has 0 aliphatic carbocycles. The minimum absolute atomic E-state index is 0.163. The van der Waals surface area contributed by atoms with Crippen LogP contribution in [0.5, 0.6) is 5.75 Å². The Morgan fingerprint density at radius 1 is 1.50 bits per heavy atom. The highest BCUT2D eigenvalue weighted by Gasteiger charge is 2.39. The Morgan fingerprint density at radius 2 is 2.20 bits per heavy atom. The summed E-state index contributed by atoms with van der Waals surface area (Å²) in [6.07, 6.45) is 0.251. The largest absolute Gasteiger partial charge is 0.497 e. The molecule has 0 saturated carbocycles. The normalized spacial score (nSPS) is 25.2. The number of urea groups is 1. The zero-order valence-electron chi connectivity index (χ0n) is 11.7. The predicted octanol–water partition coefficient (Wildman–Crippen LogP) is 1.36. The van der Waals surface area contributed by atoms with E-state index in [1.54, 1.807) is 38.3 Å². The molecular formula is C14H20N2O4. The molecule has 0 radical (unpaired) electrons. The van der Waals surface area contributed by atoms with Gasteiger partial charge in [-0.15, -0.1) is 0 Å².